The van der Waals surface area contributed by atoms with E-state index in [2.05, 4.69) is 53.3 Å². The number of ether oxygens (including phenoxy) is 1. The van der Waals surface area contributed by atoms with E-state index in [1.54, 1.807) is 0 Å². The Bertz CT molecular complexity index is 541. The van der Waals surface area contributed by atoms with Crippen molar-refractivity contribution in [1.29, 1.82) is 0 Å². The van der Waals surface area contributed by atoms with Crippen LogP contribution in [0.2, 0.25) is 0 Å². The van der Waals surface area contributed by atoms with E-state index < -0.39 is 0 Å². The molecule has 0 saturated carbocycles. The SMILES string of the molecule is CCNCC(C)COc1ccc2ccccc2c1Br. The van der Waals surface area contributed by atoms with E-state index in [0.717, 1.165) is 29.9 Å². The van der Waals surface area contributed by atoms with Crippen molar-refractivity contribution in [2.24, 2.45) is 5.92 Å². The Hall–Kier alpha value is -1.06. The summed E-state index contributed by atoms with van der Waals surface area (Å²) < 4.78 is 6.96. The second kappa shape index (κ2) is 6.92. The fourth-order valence-electron chi connectivity index (χ4n) is 2.01. The number of hydrogen-bond acceptors (Lipinski definition) is 2. The number of nitrogens with one attached hydrogen (secondary N) is 1. The monoisotopic (exact) mass is 321 g/mol. The van der Waals surface area contributed by atoms with Crippen LogP contribution in [0.1, 0.15) is 13.8 Å². The average Bonchev–Trinajstić information content (AvgIpc) is 2.44. The van der Waals surface area contributed by atoms with Crippen molar-refractivity contribution in [3.63, 3.8) is 0 Å². The maximum Gasteiger partial charge on any atom is 0.134 e. The molecule has 0 heterocycles. The molecular formula is C16H20BrNO. The maximum absolute atomic E-state index is 5.92. The highest BCUT2D eigenvalue weighted by atomic mass is 79.9. The van der Waals surface area contributed by atoms with Crippen LogP contribution in [0.5, 0.6) is 5.75 Å². The highest BCUT2D eigenvalue weighted by molar-refractivity contribution is 9.10. The third-order valence-corrected chi connectivity index (χ3v) is 3.91. The van der Waals surface area contributed by atoms with Crippen molar-refractivity contribution >= 4 is 26.7 Å². The molecule has 0 amide bonds. The van der Waals surface area contributed by atoms with Gasteiger partial charge >= 0.3 is 0 Å². The van der Waals surface area contributed by atoms with E-state index in [-0.39, 0.29) is 0 Å². The van der Waals surface area contributed by atoms with E-state index in [1.807, 2.05) is 18.2 Å². The van der Waals surface area contributed by atoms with Crippen LogP contribution in [-0.2, 0) is 0 Å². The molecule has 2 rings (SSSR count). The van der Waals surface area contributed by atoms with Crippen molar-refractivity contribution in [2.75, 3.05) is 19.7 Å². The Morgan fingerprint density at radius 1 is 1.21 bits per heavy atom. The number of fused-ring (bicyclic) bond motifs is 1. The molecule has 102 valence electrons. The van der Waals surface area contributed by atoms with Crippen molar-refractivity contribution < 1.29 is 4.74 Å². The summed E-state index contributed by atoms with van der Waals surface area (Å²) in [5, 5.41) is 5.76. The van der Waals surface area contributed by atoms with E-state index >= 15 is 0 Å². The van der Waals surface area contributed by atoms with E-state index in [1.165, 1.54) is 10.8 Å². The molecule has 0 spiro atoms. The molecule has 1 unspecified atom stereocenters. The van der Waals surface area contributed by atoms with Crippen LogP contribution in [0, 0.1) is 5.92 Å². The average molecular weight is 322 g/mol. The quantitative estimate of drug-likeness (QED) is 0.859. The second-order valence-electron chi connectivity index (χ2n) is 4.82. The second-order valence-corrected chi connectivity index (χ2v) is 5.62. The minimum Gasteiger partial charge on any atom is -0.492 e. The molecule has 0 saturated heterocycles. The van der Waals surface area contributed by atoms with Gasteiger partial charge in [0, 0.05) is 12.5 Å². The molecule has 0 aromatic heterocycles. The molecule has 0 bridgehead atoms. The predicted molar refractivity (Wildman–Crippen MR) is 84.9 cm³/mol. The molecule has 0 aliphatic carbocycles. The Balaban J connectivity index is 2.07. The lowest BCUT2D eigenvalue weighted by Crippen LogP contribution is -2.24. The lowest BCUT2D eigenvalue weighted by molar-refractivity contribution is 0.255. The van der Waals surface area contributed by atoms with Crippen LogP contribution >= 0.6 is 15.9 Å². The number of rotatable bonds is 6. The van der Waals surface area contributed by atoms with Gasteiger partial charge in [-0.1, -0.05) is 44.2 Å². The Morgan fingerprint density at radius 2 is 2.00 bits per heavy atom. The highest BCUT2D eigenvalue weighted by Crippen LogP contribution is 2.33. The summed E-state index contributed by atoms with van der Waals surface area (Å²) in [6.45, 7) is 7.03. The first-order valence-corrected chi connectivity index (χ1v) is 7.52. The number of benzene rings is 2. The maximum atomic E-state index is 5.92. The van der Waals surface area contributed by atoms with Crippen LogP contribution in [0.25, 0.3) is 10.8 Å². The van der Waals surface area contributed by atoms with Gasteiger partial charge in [-0.2, -0.15) is 0 Å². The largest absolute Gasteiger partial charge is 0.492 e. The van der Waals surface area contributed by atoms with Crippen LogP contribution in [0.15, 0.2) is 40.9 Å². The van der Waals surface area contributed by atoms with Crippen molar-refractivity contribution in [2.45, 2.75) is 13.8 Å². The Kier molecular flexibility index (Phi) is 5.23. The van der Waals surface area contributed by atoms with Crippen molar-refractivity contribution in [3.05, 3.63) is 40.9 Å². The minimum atomic E-state index is 0.498. The van der Waals surface area contributed by atoms with Gasteiger partial charge in [-0.05, 0) is 39.3 Å². The van der Waals surface area contributed by atoms with E-state index in [4.69, 9.17) is 4.74 Å². The lowest BCUT2D eigenvalue weighted by atomic mass is 10.1. The smallest absolute Gasteiger partial charge is 0.134 e. The predicted octanol–water partition coefficient (Wildman–Crippen LogP) is 4.23. The van der Waals surface area contributed by atoms with Crippen LogP contribution in [0.3, 0.4) is 0 Å². The third kappa shape index (κ3) is 3.71. The van der Waals surface area contributed by atoms with Gasteiger partial charge in [0.2, 0.25) is 0 Å². The Labute approximate surface area is 123 Å². The topological polar surface area (TPSA) is 21.3 Å². The first-order valence-electron chi connectivity index (χ1n) is 6.73. The lowest BCUT2D eigenvalue weighted by Gasteiger charge is -2.15. The molecule has 1 atom stereocenters. The molecule has 0 fully saturated rings. The van der Waals surface area contributed by atoms with Crippen LogP contribution in [-0.4, -0.2) is 19.7 Å². The summed E-state index contributed by atoms with van der Waals surface area (Å²) in [6, 6.07) is 12.4. The van der Waals surface area contributed by atoms with Gasteiger partial charge < -0.3 is 10.1 Å². The zero-order valence-corrected chi connectivity index (χ0v) is 13.0. The fourth-order valence-corrected chi connectivity index (χ4v) is 2.61. The highest BCUT2D eigenvalue weighted by Gasteiger charge is 2.08. The van der Waals surface area contributed by atoms with Crippen molar-refractivity contribution in [1.82, 2.24) is 5.32 Å². The van der Waals surface area contributed by atoms with Crippen LogP contribution in [0.4, 0.5) is 0 Å². The molecule has 0 aliphatic rings. The van der Waals surface area contributed by atoms with E-state index in [0.29, 0.717) is 5.92 Å². The van der Waals surface area contributed by atoms with Gasteiger partial charge in [0.15, 0.2) is 0 Å². The molecule has 2 nitrogen and oxygen atoms in total. The molecule has 19 heavy (non-hydrogen) atoms. The number of halogens is 1. The normalized spacial score (nSPS) is 12.6. The van der Waals surface area contributed by atoms with E-state index in [9.17, 15) is 0 Å². The molecule has 2 aromatic rings. The van der Waals surface area contributed by atoms with Crippen molar-refractivity contribution in [3.8, 4) is 5.75 Å². The van der Waals surface area contributed by atoms with Gasteiger partial charge in [0.25, 0.3) is 0 Å². The van der Waals surface area contributed by atoms with Gasteiger partial charge in [-0.15, -0.1) is 0 Å². The number of hydrogen-bond donors (Lipinski definition) is 1. The molecule has 1 N–H and O–H groups in total. The standard InChI is InChI=1S/C16H20BrNO/c1-3-18-10-12(2)11-19-15-9-8-13-6-4-5-7-14(13)16(15)17/h4-9,12,18H,3,10-11H2,1-2H3. The third-order valence-electron chi connectivity index (χ3n) is 3.09. The van der Waals surface area contributed by atoms with Gasteiger partial charge in [-0.25, -0.2) is 0 Å². The molecule has 3 heteroatoms. The summed E-state index contributed by atoms with van der Waals surface area (Å²) in [7, 11) is 0. The Morgan fingerprint density at radius 3 is 2.79 bits per heavy atom. The fraction of sp³-hybridized carbons (Fsp3) is 0.375. The summed E-state index contributed by atoms with van der Waals surface area (Å²) in [5.41, 5.74) is 0. The van der Waals surface area contributed by atoms with Crippen LogP contribution < -0.4 is 10.1 Å². The first-order chi connectivity index (χ1) is 9.22. The molecule has 2 aromatic carbocycles. The molecule has 0 aliphatic heterocycles. The van der Waals surface area contributed by atoms with Gasteiger partial charge in [-0.3, -0.25) is 0 Å². The zero-order chi connectivity index (χ0) is 13.7. The summed E-state index contributed by atoms with van der Waals surface area (Å²) in [6.07, 6.45) is 0. The molecule has 0 radical (unpaired) electrons. The zero-order valence-electron chi connectivity index (χ0n) is 11.4. The first kappa shape index (κ1) is 14.4. The van der Waals surface area contributed by atoms with Gasteiger partial charge in [0.05, 0.1) is 11.1 Å². The minimum absolute atomic E-state index is 0.498. The summed E-state index contributed by atoms with van der Waals surface area (Å²) in [5.74, 6) is 1.42. The van der Waals surface area contributed by atoms with Gasteiger partial charge in [0.1, 0.15) is 5.75 Å². The summed E-state index contributed by atoms with van der Waals surface area (Å²) in [4.78, 5) is 0. The molecular weight excluding hydrogens is 302 g/mol. The summed E-state index contributed by atoms with van der Waals surface area (Å²) >= 11 is 3.64.